The molecule has 0 atom stereocenters. The van der Waals surface area contributed by atoms with Gasteiger partial charge < -0.3 is 5.32 Å². The van der Waals surface area contributed by atoms with Gasteiger partial charge in [-0.2, -0.15) is 0 Å². The van der Waals surface area contributed by atoms with Crippen LogP contribution in [-0.2, 0) is 0 Å². The van der Waals surface area contributed by atoms with Gasteiger partial charge in [-0.3, -0.25) is 14.0 Å². The van der Waals surface area contributed by atoms with Gasteiger partial charge in [-0.1, -0.05) is 24.3 Å². The minimum absolute atomic E-state index is 0.0930. The second-order valence-electron chi connectivity index (χ2n) is 5.83. The van der Waals surface area contributed by atoms with E-state index in [2.05, 4.69) is 10.3 Å². The molecule has 128 valence electrons. The zero-order valence-electron chi connectivity index (χ0n) is 14.0. The molecule has 6 heteroatoms. The highest BCUT2D eigenvalue weighted by atomic mass is 32.1. The standard InChI is InChI=1S/C20H15N3O2S/c1-13(24)15-10-18(20(25)22-14-6-3-2-4-7-14)23-12-21-16(11-17(15)23)19-8-5-9-26-19/h2-12H,1H3,(H,22,25). The number of Topliss-reactive ketones (excluding diaryl/α,β-unsaturated/α-hetero) is 1. The number of hydrogen-bond acceptors (Lipinski definition) is 4. The fourth-order valence-electron chi connectivity index (χ4n) is 2.83. The average molecular weight is 361 g/mol. The van der Waals surface area contributed by atoms with Crippen LogP contribution in [-0.4, -0.2) is 21.1 Å². The summed E-state index contributed by atoms with van der Waals surface area (Å²) in [6, 6.07) is 16.6. The van der Waals surface area contributed by atoms with Crippen LogP contribution in [0.25, 0.3) is 16.1 Å². The van der Waals surface area contributed by atoms with Gasteiger partial charge in [0.1, 0.15) is 12.0 Å². The molecule has 1 amide bonds. The first-order chi connectivity index (χ1) is 12.6. The summed E-state index contributed by atoms with van der Waals surface area (Å²) < 4.78 is 1.66. The Bertz CT molecular complexity index is 1100. The maximum Gasteiger partial charge on any atom is 0.272 e. The molecular formula is C20H15N3O2S. The molecule has 0 aliphatic heterocycles. The van der Waals surface area contributed by atoms with Gasteiger partial charge in [-0.15, -0.1) is 11.3 Å². The summed E-state index contributed by atoms with van der Waals surface area (Å²) in [6.45, 7) is 1.50. The highest BCUT2D eigenvalue weighted by molar-refractivity contribution is 7.13. The molecule has 26 heavy (non-hydrogen) atoms. The van der Waals surface area contributed by atoms with E-state index in [4.69, 9.17) is 0 Å². The van der Waals surface area contributed by atoms with Crippen LogP contribution < -0.4 is 5.32 Å². The Morgan fingerprint density at radius 2 is 1.88 bits per heavy atom. The number of anilines is 1. The second-order valence-corrected chi connectivity index (χ2v) is 6.77. The molecule has 5 nitrogen and oxygen atoms in total. The Labute approximate surface area is 153 Å². The summed E-state index contributed by atoms with van der Waals surface area (Å²) in [5, 5.41) is 4.82. The fraction of sp³-hybridized carbons (Fsp3) is 0.0500. The number of para-hydroxylation sites is 1. The van der Waals surface area contributed by atoms with Crippen molar-refractivity contribution in [2.45, 2.75) is 6.92 Å². The van der Waals surface area contributed by atoms with Crippen LogP contribution in [0, 0.1) is 0 Å². The maximum atomic E-state index is 12.7. The highest BCUT2D eigenvalue weighted by Crippen LogP contribution is 2.26. The molecule has 0 saturated heterocycles. The van der Waals surface area contributed by atoms with Gasteiger partial charge in [-0.25, -0.2) is 4.98 Å². The molecule has 0 aliphatic carbocycles. The van der Waals surface area contributed by atoms with E-state index < -0.39 is 0 Å². The molecule has 0 saturated carbocycles. The SMILES string of the molecule is CC(=O)c1cc(C(=O)Nc2ccccc2)n2cnc(-c3cccs3)cc12. The normalized spacial score (nSPS) is 10.8. The van der Waals surface area contributed by atoms with Crippen molar-refractivity contribution in [2.24, 2.45) is 0 Å². The van der Waals surface area contributed by atoms with Gasteiger partial charge in [-0.05, 0) is 42.6 Å². The first kappa shape index (κ1) is 16.2. The molecule has 0 fully saturated rings. The lowest BCUT2D eigenvalue weighted by Gasteiger charge is -2.06. The van der Waals surface area contributed by atoms with E-state index in [9.17, 15) is 9.59 Å². The van der Waals surface area contributed by atoms with E-state index in [1.807, 2.05) is 53.9 Å². The summed E-state index contributed by atoms with van der Waals surface area (Å²) in [5.41, 5.74) is 3.03. The number of thiophene rings is 1. The Morgan fingerprint density at radius 1 is 1.08 bits per heavy atom. The lowest BCUT2D eigenvalue weighted by Crippen LogP contribution is -2.14. The smallest absolute Gasteiger partial charge is 0.272 e. The van der Waals surface area contributed by atoms with Gasteiger partial charge in [0.05, 0.1) is 16.1 Å². The highest BCUT2D eigenvalue weighted by Gasteiger charge is 2.19. The van der Waals surface area contributed by atoms with Crippen molar-refractivity contribution in [1.82, 2.24) is 9.38 Å². The number of nitrogens with zero attached hydrogens (tertiary/aromatic N) is 2. The third-order valence-corrected chi connectivity index (χ3v) is 4.97. The first-order valence-corrected chi connectivity index (χ1v) is 8.94. The molecule has 0 bridgehead atoms. The minimum Gasteiger partial charge on any atom is -0.321 e. The number of carbonyl (C=O) groups excluding carboxylic acids is 2. The minimum atomic E-state index is -0.288. The number of carbonyl (C=O) groups is 2. The molecule has 4 rings (SSSR count). The van der Waals surface area contributed by atoms with Gasteiger partial charge in [0, 0.05) is 11.3 Å². The molecule has 0 spiro atoms. The van der Waals surface area contributed by atoms with Crippen molar-refractivity contribution in [2.75, 3.05) is 5.32 Å². The largest absolute Gasteiger partial charge is 0.321 e. The van der Waals surface area contributed by atoms with Crippen molar-refractivity contribution in [3.63, 3.8) is 0 Å². The van der Waals surface area contributed by atoms with Crippen LogP contribution in [0.3, 0.4) is 0 Å². The lowest BCUT2D eigenvalue weighted by molar-refractivity contribution is 0.101. The molecule has 1 aromatic carbocycles. The number of nitrogens with one attached hydrogen (secondary N) is 1. The van der Waals surface area contributed by atoms with Crippen molar-refractivity contribution >= 4 is 34.2 Å². The molecule has 0 radical (unpaired) electrons. The summed E-state index contributed by atoms with van der Waals surface area (Å²) in [4.78, 5) is 30.3. The quantitative estimate of drug-likeness (QED) is 0.544. The maximum absolute atomic E-state index is 12.7. The van der Waals surface area contributed by atoms with Crippen molar-refractivity contribution in [3.05, 3.63) is 77.6 Å². The Balaban J connectivity index is 1.80. The van der Waals surface area contributed by atoms with Gasteiger partial charge in [0.15, 0.2) is 5.78 Å². The van der Waals surface area contributed by atoms with E-state index in [1.54, 1.807) is 28.1 Å². The summed E-state index contributed by atoms with van der Waals surface area (Å²) in [6.07, 6.45) is 1.59. The van der Waals surface area contributed by atoms with Crippen LogP contribution in [0.4, 0.5) is 5.69 Å². The van der Waals surface area contributed by atoms with Crippen molar-refractivity contribution in [1.29, 1.82) is 0 Å². The zero-order chi connectivity index (χ0) is 18.1. The third-order valence-electron chi connectivity index (χ3n) is 4.08. The van der Waals surface area contributed by atoms with Crippen molar-refractivity contribution in [3.8, 4) is 10.6 Å². The molecule has 0 aliphatic rings. The predicted molar refractivity (Wildman–Crippen MR) is 103 cm³/mol. The van der Waals surface area contributed by atoms with E-state index in [1.165, 1.54) is 6.92 Å². The number of hydrogen-bond donors (Lipinski definition) is 1. The molecular weight excluding hydrogens is 346 g/mol. The van der Waals surface area contributed by atoms with Crippen LogP contribution in [0.15, 0.2) is 66.3 Å². The van der Waals surface area contributed by atoms with Gasteiger partial charge in [0.25, 0.3) is 5.91 Å². The Hall–Kier alpha value is -3.25. The van der Waals surface area contributed by atoms with Crippen LogP contribution in [0.1, 0.15) is 27.8 Å². The van der Waals surface area contributed by atoms with E-state index >= 15 is 0 Å². The van der Waals surface area contributed by atoms with Gasteiger partial charge in [0.2, 0.25) is 0 Å². The summed E-state index contributed by atoms with van der Waals surface area (Å²) >= 11 is 1.58. The fourth-order valence-corrected chi connectivity index (χ4v) is 3.52. The molecule has 3 heterocycles. The van der Waals surface area contributed by atoms with Crippen LogP contribution in [0.2, 0.25) is 0 Å². The summed E-state index contributed by atoms with van der Waals surface area (Å²) in [7, 11) is 0. The average Bonchev–Trinajstić information content (AvgIpc) is 3.30. The lowest BCUT2D eigenvalue weighted by atomic mass is 10.1. The first-order valence-electron chi connectivity index (χ1n) is 8.06. The topological polar surface area (TPSA) is 63.5 Å². The number of benzene rings is 1. The Kier molecular flexibility index (Phi) is 4.10. The molecule has 0 unspecified atom stereocenters. The van der Waals surface area contributed by atoms with E-state index in [0.29, 0.717) is 22.5 Å². The van der Waals surface area contributed by atoms with E-state index in [0.717, 1.165) is 10.6 Å². The van der Waals surface area contributed by atoms with Gasteiger partial charge >= 0.3 is 0 Å². The van der Waals surface area contributed by atoms with Crippen molar-refractivity contribution < 1.29 is 9.59 Å². The number of fused-ring (bicyclic) bond motifs is 1. The molecule has 3 aromatic heterocycles. The number of ketones is 1. The second kappa shape index (κ2) is 6.57. The Morgan fingerprint density at radius 3 is 2.58 bits per heavy atom. The molecule has 4 aromatic rings. The van der Waals surface area contributed by atoms with E-state index in [-0.39, 0.29) is 11.7 Å². The number of rotatable bonds is 4. The number of amides is 1. The molecule has 1 N–H and O–H groups in total. The zero-order valence-corrected chi connectivity index (χ0v) is 14.8. The van der Waals surface area contributed by atoms with Crippen LogP contribution >= 0.6 is 11.3 Å². The summed E-state index contributed by atoms with van der Waals surface area (Å²) in [5.74, 6) is -0.381. The predicted octanol–water partition coefficient (Wildman–Crippen LogP) is 4.52. The monoisotopic (exact) mass is 361 g/mol. The van der Waals surface area contributed by atoms with Crippen LogP contribution in [0.5, 0.6) is 0 Å². The third kappa shape index (κ3) is 2.91. The number of aromatic nitrogens is 2.